The van der Waals surface area contributed by atoms with Crippen LogP contribution in [0.1, 0.15) is 0 Å². The molecule has 7 heteroatoms. The van der Waals surface area contributed by atoms with Crippen LogP contribution >= 0.6 is 0 Å². The molecule has 1 atom stereocenters. The van der Waals surface area contributed by atoms with E-state index in [1.807, 2.05) is 23.1 Å². The third kappa shape index (κ3) is 3.12. The number of hydrogen-bond donors (Lipinski definition) is 1. The number of halogens is 1. The van der Waals surface area contributed by atoms with E-state index in [9.17, 15) is 9.18 Å². The van der Waals surface area contributed by atoms with Crippen molar-refractivity contribution >= 4 is 17.3 Å². The first-order valence-electron chi connectivity index (χ1n) is 8.59. The van der Waals surface area contributed by atoms with E-state index in [4.69, 9.17) is 15.2 Å². The Labute approximate surface area is 150 Å². The summed E-state index contributed by atoms with van der Waals surface area (Å²) in [5.41, 5.74) is 6.51. The SMILES string of the molecule is Nc1ccc(N2CCN(C(=O)C3COc4ccccc4O3)CC2)c(F)c1. The number of carbonyl (C=O) groups excluding carboxylic acids is 1. The molecule has 26 heavy (non-hydrogen) atoms. The zero-order chi connectivity index (χ0) is 18.1. The van der Waals surface area contributed by atoms with Gasteiger partial charge in [-0.25, -0.2) is 4.39 Å². The lowest BCUT2D eigenvalue weighted by atomic mass is 10.2. The monoisotopic (exact) mass is 357 g/mol. The Kier molecular flexibility index (Phi) is 4.28. The fourth-order valence-electron chi connectivity index (χ4n) is 3.29. The number of benzene rings is 2. The lowest BCUT2D eigenvalue weighted by Gasteiger charge is -2.38. The number of fused-ring (bicyclic) bond motifs is 1. The summed E-state index contributed by atoms with van der Waals surface area (Å²) in [5.74, 6) is 0.794. The number of ether oxygens (including phenoxy) is 2. The molecule has 1 fully saturated rings. The van der Waals surface area contributed by atoms with E-state index in [1.165, 1.54) is 6.07 Å². The van der Waals surface area contributed by atoms with Crippen LogP contribution in [0, 0.1) is 5.82 Å². The predicted octanol–water partition coefficient (Wildman–Crippen LogP) is 1.90. The van der Waals surface area contributed by atoms with Crippen molar-refractivity contribution in [2.45, 2.75) is 6.10 Å². The van der Waals surface area contributed by atoms with Gasteiger partial charge in [-0.1, -0.05) is 12.1 Å². The highest BCUT2D eigenvalue weighted by molar-refractivity contribution is 5.82. The normalized spacial score (nSPS) is 19.3. The van der Waals surface area contributed by atoms with Crippen molar-refractivity contribution in [1.29, 1.82) is 0 Å². The highest BCUT2D eigenvalue weighted by atomic mass is 19.1. The van der Waals surface area contributed by atoms with Gasteiger partial charge in [-0.05, 0) is 30.3 Å². The van der Waals surface area contributed by atoms with Gasteiger partial charge >= 0.3 is 0 Å². The molecule has 0 bridgehead atoms. The van der Waals surface area contributed by atoms with Crippen molar-refractivity contribution in [2.24, 2.45) is 0 Å². The van der Waals surface area contributed by atoms with Crippen molar-refractivity contribution in [3.05, 3.63) is 48.3 Å². The minimum atomic E-state index is -0.648. The van der Waals surface area contributed by atoms with Crippen LogP contribution in [0.3, 0.4) is 0 Å². The lowest BCUT2D eigenvalue weighted by molar-refractivity contribution is -0.141. The number of amides is 1. The van der Waals surface area contributed by atoms with Gasteiger partial charge in [0.1, 0.15) is 12.4 Å². The Morgan fingerprint density at radius 1 is 1.08 bits per heavy atom. The number of piperazine rings is 1. The van der Waals surface area contributed by atoms with Gasteiger partial charge in [-0.15, -0.1) is 0 Å². The standard InChI is InChI=1S/C19H20FN3O3/c20-14-11-13(21)5-6-15(14)22-7-9-23(10-8-22)19(24)18-12-25-16-3-1-2-4-17(16)26-18/h1-6,11,18H,7-10,12,21H2. The summed E-state index contributed by atoms with van der Waals surface area (Å²) in [6, 6.07) is 12.0. The van der Waals surface area contributed by atoms with E-state index in [-0.39, 0.29) is 18.3 Å². The molecule has 0 radical (unpaired) electrons. The highest BCUT2D eigenvalue weighted by Gasteiger charge is 2.33. The Balaban J connectivity index is 1.38. The molecule has 2 heterocycles. The molecule has 0 saturated carbocycles. The summed E-state index contributed by atoms with van der Waals surface area (Å²) in [6.45, 7) is 2.31. The first-order valence-corrected chi connectivity index (χ1v) is 8.59. The minimum absolute atomic E-state index is 0.100. The number of rotatable bonds is 2. The van der Waals surface area contributed by atoms with E-state index in [1.54, 1.807) is 23.1 Å². The smallest absolute Gasteiger partial charge is 0.267 e. The van der Waals surface area contributed by atoms with Gasteiger partial charge in [0.05, 0.1) is 5.69 Å². The first kappa shape index (κ1) is 16.5. The lowest BCUT2D eigenvalue weighted by Crippen LogP contribution is -2.54. The van der Waals surface area contributed by atoms with Gasteiger partial charge in [-0.2, -0.15) is 0 Å². The van der Waals surface area contributed by atoms with Gasteiger partial charge in [0.2, 0.25) is 6.10 Å². The molecule has 2 aromatic carbocycles. The molecule has 4 rings (SSSR count). The molecule has 2 aliphatic rings. The zero-order valence-corrected chi connectivity index (χ0v) is 14.2. The molecule has 136 valence electrons. The largest absolute Gasteiger partial charge is 0.485 e. The molecule has 2 aromatic rings. The van der Waals surface area contributed by atoms with E-state index in [2.05, 4.69) is 0 Å². The molecule has 0 aromatic heterocycles. The Morgan fingerprint density at radius 2 is 1.81 bits per heavy atom. The first-order chi connectivity index (χ1) is 12.6. The van der Waals surface area contributed by atoms with E-state index in [0.717, 1.165) is 0 Å². The Morgan fingerprint density at radius 3 is 2.54 bits per heavy atom. The maximum Gasteiger partial charge on any atom is 0.267 e. The second-order valence-electron chi connectivity index (χ2n) is 6.39. The number of nitrogens with zero attached hydrogens (tertiary/aromatic N) is 2. The Hall–Kier alpha value is -2.96. The van der Waals surface area contributed by atoms with Crippen LogP contribution in [0.15, 0.2) is 42.5 Å². The number of carbonyl (C=O) groups is 1. The fourth-order valence-corrected chi connectivity index (χ4v) is 3.29. The van der Waals surface area contributed by atoms with Crippen LogP contribution < -0.4 is 20.1 Å². The number of hydrogen-bond acceptors (Lipinski definition) is 5. The molecule has 1 amide bonds. The fraction of sp³-hybridized carbons (Fsp3) is 0.316. The molecule has 6 nitrogen and oxygen atoms in total. The average molecular weight is 357 g/mol. The van der Waals surface area contributed by atoms with E-state index in [0.29, 0.717) is 49.1 Å². The maximum atomic E-state index is 14.1. The summed E-state index contributed by atoms with van der Waals surface area (Å²) in [7, 11) is 0. The average Bonchev–Trinajstić information content (AvgIpc) is 2.67. The van der Waals surface area contributed by atoms with E-state index < -0.39 is 6.10 Å². The third-order valence-electron chi connectivity index (χ3n) is 4.69. The maximum absolute atomic E-state index is 14.1. The van der Waals surface area contributed by atoms with E-state index >= 15 is 0 Å². The summed E-state index contributed by atoms with van der Waals surface area (Å²) < 4.78 is 25.5. The van der Waals surface area contributed by atoms with Gasteiger partial charge in [0.25, 0.3) is 5.91 Å². The molecule has 1 unspecified atom stereocenters. The topological polar surface area (TPSA) is 68.0 Å². The summed E-state index contributed by atoms with van der Waals surface area (Å²) in [5, 5.41) is 0. The summed E-state index contributed by atoms with van der Waals surface area (Å²) >= 11 is 0. The predicted molar refractivity (Wildman–Crippen MR) is 96.0 cm³/mol. The van der Waals surface area contributed by atoms with Crippen molar-refractivity contribution in [3.8, 4) is 11.5 Å². The van der Waals surface area contributed by atoms with Crippen molar-refractivity contribution in [1.82, 2.24) is 4.90 Å². The second-order valence-corrected chi connectivity index (χ2v) is 6.39. The molecule has 0 spiro atoms. The van der Waals surface area contributed by atoms with Crippen LogP contribution in [-0.2, 0) is 4.79 Å². The number of para-hydroxylation sites is 2. The molecule has 2 N–H and O–H groups in total. The number of anilines is 2. The van der Waals surface area contributed by atoms with Crippen LogP contribution in [0.2, 0.25) is 0 Å². The molecule has 0 aliphatic carbocycles. The van der Waals surface area contributed by atoms with Gasteiger partial charge in [0, 0.05) is 31.9 Å². The van der Waals surface area contributed by atoms with Crippen LogP contribution in [0.4, 0.5) is 15.8 Å². The highest BCUT2D eigenvalue weighted by Crippen LogP contribution is 2.31. The van der Waals surface area contributed by atoms with Gasteiger partial charge in [-0.3, -0.25) is 4.79 Å². The molecular weight excluding hydrogens is 337 g/mol. The van der Waals surface area contributed by atoms with Crippen LogP contribution in [0.5, 0.6) is 11.5 Å². The third-order valence-corrected chi connectivity index (χ3v) is 4.69. The quantitative estimate of drug-likeness (QED) is 0.832. The summed E-state index contributed by atoms with van der Waals surface area (Å²) in [4.78, 5) is 16.4. The van der Waals surface area contributed by atoms with Gasteiger partial charge in [0.15, 0.2) is 11.5 Å². The number of nitrogens with two attached hydrogens (primary N) is 1. The minimum Gasteiger partial charge on any atom is -0.485 e. The summed E-state index contributed by atoms with van der Waals surface area (Å²) in [6.07, 6.45) is -0.648. The second kappa shape index (κ2) is 6.74. The van der Waals surface area contributed by atoms with Gasteiger partial charge < -0.3 is 25.0 Å². The molecule has 1 saturated heterocycles. The Bertz CT molecular complexity index is 821. The zero-order valence-electron chi connectivity index (χ0n) is 14.2. The van der Waals surface area contributed by atoms with Crippen molar-refractivity contribution < 1.29 is 18.7 Å². The van der Waals surface area contributed by atoms with Crippen molar-refractivity contribution in [2.75, 3.05) is 43.4 Å². The molecule has 2 aliphatic heterocycles. The number of nitrogen functional groups attached to an aromatic ring is 1. The van der Waals surface area contributed by atoms with Crippen molar-refractivity contribution in [3.63, 3.8) is 0 Å². The van der Waals surface area contributed by atoms with Crippen LogP contribution in [0.25, 0.3) is 0 Å². The van der Waals surface area contributed by atoms with Crippen LogP contribution in [-0.4, -0.2) is 49.7 Å². The molecular formula is C19H20FN3O3.